The van der Waals surface area contributed by atoms with Crippen molar-refractivity contribution in [2.75, 3.05) is 36.6 Å². The molecule has 2 aliphatic heterocycles. The number of hydrogen-bond donors (Lipinski definition) is 2. The standard InChI is InChI=1S/C22H29N5O3/c1-2-23-20-11-21(26-14-25-20)27-9-3-4-16(13-27)6-8-22(28)24-12-17-5-7-18-19(10-17)30-15-29-18/h5,7,10-11,14,16H,2-4,6,8-9,12-13,15H2,1H3,(H,24,28)(H,23,25,26). The van der Waals surface area contributed by atoms with E-state index in [-0.39, 0.29) is 12.7 Å². The highest BCUT2D eigenvalue weighted by Gasteiger charge is 2.22. The largest absolute Gasteiger partial charge is 0.454 e. The molecule has 0 saturated carbocycles. The summed E-state index contributed by atoms with van der Waals surface area (Å²) in [6.07, 6.45) is 5.30. The highest BCUT2D eigenvalue weighted by molar-refractivity contribution is 5.75. The Labute approximate surface area is 177 Å². The monoisotopic (exact) mass is 411 g/mol. The summed E-state index contributed by atoms with van der Waals surface area (Å²) in [6.45, 7) is 5.57. The van der Waals surface area contributed by atoms with Gasteiger partial charge in [0.2, 0.25) is 12.7 Å². The first-order chi connectivity index (χ1) is 14.7. The van der Waals surface area contributed by atoms with Gasteiger partial charge in [-0.25, -0.2) is 9.97 Å². The van der Waals surface area contributed by atoms with E-state index in [0.29, 0.717) is 18.9 Å². The first-order valence-electron chi connectivity index (χ1n) is 10.7. The Balaban J connectivity index is 1.23. The zero-order valence-electron chi connectivity index (χ0n) is 17.4. The second kappa shape index (κ2) is 9.65. The molecule has 2 aromatic rings. The molecular weight excluding hydrogens is 382 g/mol. The van der Waals surface area contributed by atoms with Gasteiger partial charge >= 0.3 is 0 Å². The lowest BCUT2D eigenvalue weighted by Gasteiger charge is -2.33. The van der Waals surface area contributed by atoms with Crippen LogP contribution in [-0.2, 0) is 11.3 Å². The molecule has 1 aromatic heterocycles. The van der Waals surface area contributed by atoms with Crippen molar-refractivity contribution in [2.45, 2.75) is 39.2 Å². The molecule has 1 unspecified atom stereocenters. The number of nitrogens with one attached hydrogen (secondary N) is 2. The fourth-order valence-electron chi connectivity index (χ4n) is 3.98. The zero-order valence-corrected chi connectivity index (χ0v) is 17.4. The predicted octanol–water partition coefficient (Wildman–Crippen LogP) is 2.95. The number of rotatable bonds is 8. The average Bonchev–Trinajstić information content (AvgIpc) is 3.25. The van der Waals surface area contributed by atoms with Gasteiger partial charge in [0, 0.05) is 38.7 Å². The van der Waals surface area contributed by atoms with Crippen molar-refractivity contribution in [3.8, 4) is 11.5 Å². The van der Waals surface area contributed by atoms with Crippen LogP contribution < -0.4 is 25.0 Å². The Morgan fingerprint density at radius 3 is 3.03 bits per heavy atom. The fourth-order valence-corrected chi connectivity index (χ4v) is 3.98. The Bertz CT molecular complexity index is 876. The van der Waals surface area contributed by atoms with Gasteiger partial charge < -0.3 is 25.0 Å². The number of nitrogens with zero attached hydrogens (tertiary/aromatic N) is 3. The maximum atomic E-state index is 12.4. The maximum absolute atomic E-state index is 12.4. The molecule has 30 heavy (non-hydrogen) atoms. The van der Waals surface area contributed by atoms with Gasteiger partial charge in [0.25, 0.3) is 0 Å². The van der Waals surface area contributed by atoms with Gasteiger partial charge in [-0.15, -0.1) is 0 Å². The summed E-state index contributed by atoms with van der Waals surface area (Å²) in [5.41, 5.74) is 1.01. The van der Waals surface area contributed by atoms with E-state index in [1.807, 2.05) is 24.3 Å². The average molecular weight is 412 g/mol. The topological polar surface area (TPSA) is 88.6 Å². The molecule has 1 aromatic carbocycles. The Morgan fingerprint density at radius 2 is 2.13 bits per heavy atom. The number of piperidine rings is 1. The molecular formula is C22H29N5O3. The summed E-state index contributed by atoms with van der Waals surface area (Å²) in [5, 5.41) is 6.25. The van der Waals surface area contributed by atoms with Crippen molar-refractivity contribution >= 4 is 17.5 Å². The van der Waals surface area contributed by atoms with Crippen LogP contribution in [0.25, 0.3) is 0 Å². The van der Waals surface area contributed by atoms with Crippen LogP contribution in [0.3, 0.4) is 0 Å². The molecule has 1 atom stereocenters. The van der Waals surface area contributed by atoms with E-state index < -0.39 is 0 Å². The Kier molecular flexibility index (Phi) is 6.51. The van der Waals surface area contributed by atoms with Crippen LogP contribution >= 0.6 is 0 Å². The molecule has 1 saturated heterocycles. The van der Waals surface area contributed by atoms with Crippen molar-refractivity contribution in [1.82, 2.24) is 15.3 Å². The van der Waals surface area contributed by atoms with E-state index in [1.54, 1.807) is 6.33 Å². The number of hydrogen-bond acceptors (Lipinski definition) is 7. The summed E-state index contributed by atoms with van der Waals surface area (Å²) in [7, 11) is 0. The SMILES string of the molecule is CCNc1cc(N2CCCC(CCC(=O)NCc3ccc4c(c3)OCO4)C2)ncn1. The minimum Gasteiger partial charge on any atom is -0.454 e. The molecule has 0 aliphatic carbocycles. The number of aromatic nitrogens is 2. The van der Waals surface area contributed by atoms with E-state index in [9.17, 15) is 4.79 Å². The third-order valence-corrected chi connectivity index (χ3v) is 5.56. The van der Waals surface area contributed by atoms with Crippen LogP contribution in [0.2, 0.25) is 0 Å². The molecule has 3 heterocycles. The van der Waals surface area contributed by atoms with Crippen LogP contribution in [0.15, 0.2) is 30.6 Å². The Hall–Kier alpha value is -3.03. The quantitative estimate of drug-likeness (QED) is 0.690. The van der Waals surface area contributed by atoms with Gasteiger partial charge in [-0.2, -0.15) is 0 Å². The molecule has 1 amide bonds. The molecule has 1 fully saturated rings. The van der Waals surface area contributed by atoms with E-state index in [4.69, 9.17) is 9.47 Å². The van der Waals surface area contributed by atoms with Crippen molar-refractivity contribution < 1.29 is 14.3 Å². The normalized spacial score (nSPS) is 17.6. The fraction of sp³-hybridized carbons (Fsp3) is 0.500. The van der Waals surface area contributed by atoms with E-state index in [1.165, 1.54) is 0 Å². The van der Waals surface area contributed by atoms with Crippen molar-refractivity contribution in [3.05, 3.63) is 36.2 Å². The molecule has 2 N–H and O–H groups in total. The lowest BCUT2D eigenvalue weighted by Crippen LogP contribution is -2.36. The van der Waals surface area contributed by atoms with Crippen LogP contribution in [0.1, 0.15) is 38.2 Å². The van der Waals surface area contributed by atoms with Crippen LogP contribution in [0.4, 0.5) is 11.6 Å². The van der Waals surface area contributed by atoms with Gasteiger partial charge in [0.15, 0.2) is 11.5 Å². The van der Waals surface area contributed by atoms with Crippen molar-refractivity contribution in [3.63, 3.8) is 0 Å². The van der Waals surface area contributed by atoms with Gasteiger partial charge in [-0.3, -0.25) is 4.79 Å². The van der Waals surface area contributed by atoms with Crippen LogP contribution in [0.5, 0.6) is 11.5 Å². The number of anilines is 2. The third-order valence-electron chi connectivity index (χ3n) is 5.56. The molecule has 160 valence electrons. The molecule has 8 nitrogen and oxygen atoms in total. The number of ether oxygens (including phenoxy) is 2. The third kappa shape index (κ3) is 5.11. The first-order valence-corrected chi connectivity index (χ1v) is 10.7. The van der Waals surface area contributed by atoms with Crippen molar-refractivity contribution in [1.29, 1.82) is 0 Å². The molecule has 0 spiro atoms. The van der Waals surface area contributed by atoms with Gasteiger partial charge in [-0.05, 0) is 49.8 Å². The molecule has 2 aliphatic rings. The van der Waals surface area contributed by atoms with E-state index in [0.717, 1.165) is 67.6 Å². The highest BCUT2D eigenvalue weighted by Crippen LogP contribution is 2.32. The number of amides is 1. The second-order valence-corrected chi connectivity index (χ2v) is 7.75. The summed E-state index contributed by atoms with van der Waals surface area (Å²) < 4.78 is 10.7. The number of carbonyl (C=O) groups excluding carboxylic acids is 1. The van der Waals surface area contributed by atoms with Crippen LogP contribution in [-0.4, -0.2) is 42.3 Å². The highest BCUT2D eigenvalue weighted by atomic mass is 16.7. The minimum atomic E-state index is 0.0845. The molecule has 4 rings (SSSR count). The van der Waals surface area contributed by atoms with Gasteiger partial charge in [0.05, 0.1) is 0 Å². The Morgan fingerprint density at radius 1 is 1.23 bits per heavy atom. The van der Waals surface area contributed by atoms with E-state index in [2.05, 4.69) is 32.4 Å². The number of fused-ring (bicyclic) bond motifs is 1. The summed E-state index contributed by atoms with van der Waals surface area (Å²) in [5.74, 6) is 3.89. The predicted molar refractivity (Wildman–Crippen MR) is 115 cm³/mol. The summed E-state index contributed by atoms with van der Waals surface area (Å²) in [4.78, 5) is 23.3. The second-order valence-electron chi connectivity index (χ2n) is 7.75. The molecule has 0 radical (unpaired) electrons. The molecule has 0 bridgehead atoms. The minimum absolute atomic E-state index is 0.0845. The maximum Gasteiger partial charge on any atom is 0.231 e. The summed E-state index contributed by atoms with van der Waals surface area (Å²) >= 11 is 0. The lowest BCUT2D eigenvalue weighted by atomic mass is 9.93. The smallest absolute Gasteiger partial charge is 0.231 e. The lowest BCUT2D eigenvalue weighted by molar-refractivity contribution is -0.121. The van der Waals surface area contributed by atoms with Gasteiger partial charge in [-0.1, -0.05) is 6.07 Å². The number of carbonyl (C=O) groups is 1. The first kappa shape index (κ1) is 20.3. The van der Waals surface area contributed by atoms with Crippen molar-refractivity contribution in [2.24, 2.45) is 5.92 Å². The number of benzene rings is 1. The van der Waals surface area contributed by atoms with Crippen LogP contribution in [0, 0.1) is 5.92 Å². The zero-order chi connectivity index (χ0) is 20.8. The van der Waals surface area contributed by atoms with Gasteiger partial charge in [0.1, 0.15) is 18.0 Å². The molecule has 8 heteroatoms. The van der Waals surface area contributed by atoms with E-state index >= 15 is 0 Å². The summed E-state index contributed by atoms with van der Waals surface area (Å²) in [6, 6.07) is 7.76.